The second-order valence-electron chi connectivity index (χ2n) is 10.0. The Morgan fingerprint density at radius 3 is 1.34 bits per heavy atom. The normalized spacial score (nSPS) is 12.0. The summed E-state index contributed by atoms with van der Waals surface area (Å²) in [5, 5.41) is 0. The summed E-state index contributed by atoms with van der Waals surface area (Å²) in [6.45, 7) is 13.4. The van der Waals surface area contributed by atoms with Crippen molar-refractivity contribution in [3.05, 3.63) is 194 Å². The largest absolute Gasteiger partial charge is 0.317 e. The van der Waals surface area contributed by atoms with Crippen LogP contribution in [0.2, 0.25) is 0 Å². The minimum atomic E-state index is 0. The molecule has 41 heavy (non-hydrogen) atoms. The van der Waals surface area contributed by atoms with Crippen LogP contribution < -0.4 is 0 Å². The van der Waals surface area contributed by atoms with Crippen LogP contribution in [0.25, 0.3) is 11.1 Å². The van der Waals surface area contributed by atoms with Crippen LogP contribution in [0.5, 0.6) is 0 Å². The number of hydrogen-bond donors (Lipinski definition) is 0. The fourth-order valence-corrected chi connectivity index (χ4v) is 4.41. The second-order valence-corrected chi connectivity index (χ2v) is 10.0. The van der Waals surface area contributed by atoms with E-state index in [4.69, 9.17) is 0 Å². The van der Waals surface area contributed by atoms with Gasteiger partial charge >= 0.3 is 0 Å². The van der Waals surface area contributed by atoms with Crippen molar-refractivity contribution in [3.8, 4) is 11.1 Å². The third kappa shape index (κ3) is 13.2. The van der Waals surface area contributed by atoms with Gasteiger partial charge in [0, 0.05) is 26.2 Å². The van der Waals surface area contributed by atoms with Gasteiger partial charge in [0.05, 0.1) is 0 Å². The van der Waals surface area contributed by atoms with E-state index in [0.717, 1.165) is 23.1 Å². The number of fused-ring (bicyclic) bond motifs is 3. The maximum Gasteiger partial charge on any atom is 0 e. The molecule has 5 aromatic rings. The Morgan fingerprint density at radius 1 is 0.537 bits per heavy atom. The molecule has 7 rings (SSSR count). The summed E-state index contributed by atoms with van der Waals surface area (Å²) in [7, 11) is 0. The van der Waals surface area contributed by atoms with Crippen molar-refractivity contribution in [3.63, 3.8) is 0 Å². The molecule has 1 fully saturated rings. The quantitative estimate of drug-likeness (QED) is 0.150. The van der Waals surface area contributed by atoms with E-state index in [9.17, 15) is 0 Å². The molecule has 0 radical (unpaired) electrons. The van der Waals surface area contributed by atoms with Gasteiger partial charge in [-0.15, -0.1) is 42.0 Å². The Morgan fingerprint density at radius 2 is 0.951 bits per heavy atom. The fraction of sp³-hybridized carbons (Fsp3) is 0.150. The first-order valence-corrected chi connectivity index (χ1v) is 14.0. The molecule has 5 aromatic carbocycles. The van der Waals surface area contributed by atoms with Crippen LogP contribution in [0.3, 0.4) is 0 Å². The molecule has 0 saturated heterocycles. The van der Waals surface area contributed by atoms with Crippen molar-refractivity contribution in [2.45, 2.75) is 39.0 Å². The molecule has 0 aliphatic heterocycles. The molecule has 0 nitrogen and oxygen atoms in total. The first kappa shape index (κ1) is 33.8. The van der Waals surface area contributed by atoms with E-state index in [0.29, 0.717) is 0 Å². The molecule has 0 bridgehead atoms. The molecule has 0 atom stereocenters. The minimum Gasteiger partial charge on any atom is -0.317 e. The van der Waals surface area contributed by atoms with Crippen molar-refractivity contribution < 1.29 is 26.2 Å². The van der Waals surface area contributed by atoms with Crippen LogP contribution in [-0.4, -0.2) is 0 Å². The standard InChI is InChI=1S/C13H9.3C7H7.C6H11.Zr/c1-3-7-12-10(5-1)9-11-6-2-4-8-13(11)12;3*1-7-5-3-2-4-6-7;1-6-4-2-3-5-6;/h1-5,7-8H,9H2;3*2-6H,1H2;2-5H2,1H3;/q5*-1;. The van der Waals surface area contributed by atoms with Crippen LogP contribution in [0.4, 0.5) is 0 Å². The summed E-state index contributed by atoms with van der Waals surface area (Å²) in [6.07, 6.45) is 6.75. The van der Waals surface area contributed by atoms with Gasteiger partial charge in [0.25, 0.3) is 0 Å². The Balaban J connectivity index is 0.000000185. The maximum absolute atomic E-state index is 3.72. The van der Waals surface area contributed by atoms with Gasteiger partial charge < -0.3 is 5.92 Å². The zero-order valence-corrected chi connectivity index (χ0v) is 26.8. The van der Waals surface area contributed by atoms with Crippen molar-refractivity contribution in [2.75, 3.05) is 0 Å². The predicted octanol–water partition coefficient (Wildman–Crippen LogP) is 10.8. The third-order valence-corrected chi connectivity index (χ3v) is 6.60. The average Bonchev–Trinajstić information content (AvgIpc) is 3.62. The molecule has 2 aliphatic rings. The van der Waals surface area contributed by atoms with Crippen molar-refractivity contribution >= 4 is 0 Å². The van der Waals surface area contributed by atoms with Gasteiger partial charge in [0.15, 0.2) is 0 Å². The van der Waals surface area contributed by atoms with Crippen molar-refractivity contribution in [2.24, 2.45) is 0 Å². The van der Waals surface area contributed by atoms with Gasteiger partial charge in [0.2, 0.25) is 0 Å². The average molecular weight is 613 g/mol. The molecule has 0 amide bonds. The van der Waals surface area contributed by atoms with E-state index in [1.54, 1.807) is 5.92 Å². The summed E-state index contributed by atoms with van der Waals surface area (Å²) in [5.74, 6) is 1.70. The van der Waals surface area contributed by atoms with E-state index in [1.165, 1.54) is 47.9 Å². The number of rotatable bonds is 0. The Hall–Kier alpha value is -3.41. The van der Waals surface area contributed by atoms with Gasteiger partial charge in [0.1, 0.15) is 0 Å². The fourth-order valence-electron chi connectivity index (χ4n) is 4.41. The minimum absolute atomic E-state index is 0. The van der Waals surface area contributed by atoms with Gasteiger partial charge in [-0.2, -0.15) is 123 Å². The second kappa shape index (κ2) is 19.6. The van der Waals surface area contributed by atoms with E-state index < -0.39 is 0 Å². The molecule has 210 valence electrons. The molecule has 1 heteroatoms. The molecule has 0 N–H and O–H groups in total. The number of benzene rings is 5. The van der Waals surface area contributed by atoms with E-state index in [2.05, 4.69) is 70.2 Å². The zero-order valence-electron chi connectivity index (χ0n) is 24.4. The predicted molar refractivity (Wildman–Crippen MR) is 174 cm³/mol. The van der Waals surface area contributed by atoms with Crippen LogP contribution in [0, 0.1) is 32.8 Å². The monoisotopic (exact) mass is 611 g/mol. The van der Waals surface area contributed by atoms with E-state index in [-0.39, 0.29) is 26.2 Å². The van der Waals surface area contributed by atoms with E-state index >= 15 is 0 Å². The van der Waals surface area contributed by atoms with Crippen LogP contribution >= 0.6 is 0 Å². The van der Waals surface area contributed by atoms with Crippen LogP contribution in [-0.2, 0) is 32.6 Å². The van der Waals surface area contributed by atoms with Crippen molar-refractivity contribution in [1.82, 2.24) is 0 Å². The molecule has 0 unspecified atom stereocenters. The third-order valence-electron chi connectivity index (χ3n) is 6.60. The smallest absolute Gasteiger partial charge is 0 e. The van der Waals surface area contributed by atoms with Gasteiger partial charge in [-0.3, -0.25) is 0 Å². The molecular weight excluding hydrogens is 572 g/mol. The summed E-state index contributed by atoms with van der Waals surface area (Å²) in [4.78, 5) is 0. The first-order valence-electron chi connectivity index (χ1n) is 14.0. The van der Waals surface area contributed by atoms with Gasteiger partial charge in [-0.25, -0.2) is 0 Å². The summed E-state index contributed by atoms with van der Waals surface area (Å²) >= 11 is 0. The zero-order chi connectivity index (χ0) is 28.4. The molecular formula is C40H41Zr-5. The maximum atomic E-state index is 3.72. The molecule has 0 spiro atoms. The Bertz CT molecular complexity index is 1210. The van der Waals surface area contributed by atoms with Crippen LogP contribution in [0.15, 0.2) is 133 Å². The Labute approximate surface area is 269 Å². The molecule has 0 aromatic heterocycles. The molecule has 1 saturated carbocycles. The van der Waals surface area contributed by atoms with Crippen LogP contribution in [0.1, 0.15) is 60.4 Å². The Kier molecular flexibility index (Phi) is 16.2. The van der Waals surface area contributed by atoms with Gasteiger partial charge in [-0.05, 0) is 6.42 Å². The SMILES string of the molecule is C[C-]1CCCC1.[CH2-]c1ccccc1.[CH2-]c1ccccc1.[CH2-]c1ccccc1.[Zr].[c-]1cccc2c1Cc1ccccc1-2. The first-order chi connectivity index (χ1) is 19.5. The molecule has 2 aliphatic carbocycles. The van der Waals surface area contributed by atoms with E-state index in [1.807, 2.05) is 97.1 Å². The molecule has 0 heterocycles. The van der Waals surface area contributed by atoms with Gasteiger partial charge in [-0.1, -0.05) is 66.4 Å². The topological polar surface area (TPSA) is 0 Å². The summed E-state index contributed by atoms with van der Waals surface area (Å²) < 4.78 is 0. The number of hydrogen-bond acceptors (Lipinski definition) is 0. The van der Waals surface area contributed by atoms with Crippen molar-refractivity contribution in [1.29, 1.82) is 0 Å². The summed E-state index contributed by atoms with van der Waals surface area (Å²) in [5.41, 5.74) is 8.73. The summed E-state index contributed by atoms with van der Waals surface area (Å²) in [6, 6.07) is 47.7.